The quantitative estimate of drug-likeness (QED) is 0.123. The monoisotopic (exact) mass is 865 g/mol. The van der Waals surface area contributed by atoms with Crippen LogP contribution in [-0.4, -0.2) is 23.0 Å². The predicted octanol–water partition coefficient (Wildman–Crippen LogP) is 10.9. The Morgan fingerprint density at radius 1 is 0.860 bits per heavy atom. The normalized spacial score (nSPS) is 14.8. The van der Waals surface area contributed by atoms with Crippen molar-refractivity contribution in [1.29, 1.82) is 0 Å². The first-order valence-electron chi connectivity index (χ1n) is 20.5. The van der Waals surface area contributed by atoms with Crippen LogP contribution in [0.25, 0.3) is 55.7 Å². The van der Waals surface area contributed by atoms with Gasteiger partial charge in [-0.15, -0.1) is 42.0 Å². The van der Waals surface area contributed by atoms with Crippen molar-refractivity contribution < 1.29 is 41.2 Å². The van der Waals surface area contributed by atoms with E-state index in [0.29, 0.717) is 44.8 Å². The molecule has 0 fully saturated rings. The third-order valence-electron chi connectivity index (χ3n) is 8.12. The number of benzene rings is 3. The third kappa shape index (κ3) is 8.02. The van der Waals surface area contributed by atoms with E-state index >= 15 is 0 Å². The van der Waals surface area contributed by atoms with Crippen molar-refractivity contribution in [3.8, 4) is 33.6 Å². The molecule has 3 aromatic carbocycles. The molecule has 0 aliphatic carbocycles. The first-order chi connectivity index (χ1) is 27.0. The molecule has 7 rings (SSSR count). The number of furan rings is 1. The van der Waals surface area contributed by atoms with E-state index in [-0.39, 0.29) is 48.2 Å². The number of aryl methyl sites for hydroxylation is 3. The van der Waals surface area contributed by atoms with E-state index in [0.717, 1.165) is 18.1 Å². The van der Waals surface area contributed by atoms with Crippen molar-refractivity contribution in [3.05, 3.63) is 132 Å². The second-order valence-corrected chi connectivity index (χ2v) is 18.5. The van der Waals surface area contributed by atoms with Crippen molar-refractivity contribution >= 4 is 35.3 Å². The van der Waals surface area contributed by atoms with Crippen LogP contribution in [0.15, 0.2) is 95.7 Å². The van der Waals surface area contributed by atoms with E-state index in [9.17, 15) is 4.39 Å². The molecule has 0 saturated carbocycles. The molecule has 4 aromatic heterocycles. The summed E-state index contributed by atoms with van der Waals surface area (Å²) in [7, 11) is -1.56. The Morgan fingerprint density at radius 2 is 1.64 bits per heavy atom. The summed E-state index contributed by atoms with van der Waals surface area (Å²) in [4.78, 5) is 13.2. The molecule has 0 spiro atoms. The van der Waals surface area contributed by atoms with Crippen LogP contribution in [-0.2, 0) is 26.5 Å². The zero-order chi connectivity index (χ0) is 42.4. The molecule has 0 aliphatic heterocycles. The van der Waals surface area contributed by atoms with Crippen molar-refractivity contribution in [2.45, 2.75) is 60.5 Å². The van der Waals surface area contributed by atoms with Crippen LogP contribution in [0.4, 0.5) is 4.39 Å². The Balaban J connectivity index is 0.000000230. The van der Waals surface area contributed by atoms with E-state index < -0.39 is 34.4 Å². The number of aromatic nitrogens is 3. The van der Waals surface area contributed by atoms with Gasteiger partial charge in [0.15, 0.2) is 0 Å². The van der Waals surface area contributed by atoms with E-state index in [2.05, 4.69) is 60.6 Å². The maximum absolute atomic E-state index is 14.5. The van der Waals surface area contributed by atoms with Gasteiger partial charge in [-0.3, -0.25) is 4.39 Å². The maximum Gasteiger partial charge on any atom is 0.216 e. The van der Waals surface area contributed by atoms with Gasteiger partial charge in [0.05, 0.1) is 13.7 Å². The van der Waals surface area contributed by atoms with Gasteiger partial charge in [0.1, 0.15) is 0 Å². The largest absolute Gasteiger partial charge is 0.486 e. The molecule has 0 amide bonds. The van der Waals surface area contributed by atoms with Crippen molar-refractivity contribution in [3.63, 3.8) is 0 Å². The van der Waals surface area contributed by atoms with Crippen molar-refractivity contribution in [2.24, 2.45) is 5.92 Å². The molecular weight excluding hydrogens is 814 g/mol. The molecule has 0 N–H and O–H groups in total. The topological polar surface area (TPSA) is 51.8 Å². The van der Waals surface area contributed by atoms with Crippen LogP contribution in [0.5, 0.6) is 0 Å². The minimum Gasteiger partial charge on any atom is -0.486 e. The number of hydrogen-bond acceptors (Lipinski definition) is 4. The van der Waals surface area contributed by atoms with Crippen LogP contribution < -0.4 is 5.19 Å². The second-order valence-electron chi connectivity index (χ2n) is 13.4. The van der Waals surface area contributed by atoms with Crippen molar-refractivity contribution in [2.75, 3.05) is 0 Å². The summed E-state index contributed by atoms with van der Waals surface area (Å²) in [5, 5.41) is 2.65. The molecule has 7 aromatic rings. The van der Waals surface area contributed by atoms with Gasteiger partial charge >= 0.3 is 0 Å². The molecule has 0 saturated heterocycles. The fraction of sp³-hybridized carbons (Fsp3) is 0.233. The number of fused-ring (bicyclic) bond motifs is 3. The molecule has 257 valence electrons. The first kappa shape index (κ1) is 26.5. The Labute approximate surface area is 322 Å². The fourth-order valence-electron chi connectivity index (χ4n) is 5.84. The zero-order valence-electron chi connectivity index (χ0n) is 37.4. The minimum atomic E-state index is -2.36. The van der Waals surface area contributed by atoms with Crippen LogP contribution in [0, 0.1) is 44.4 Å². The molecule has 1 radical (unpaired) electrons. The number of hydrogen-bond donors (Lipinski definition) is 0. The molecule has 0 aliphatic rings. The van der Waals surface area contributed by atoms with Gasteiger partial charge in [0.25, 0.3) is 0 Å². The van der Waals surface area contributed by atoms with Crippen molar-refractivity contribution in [1.82, 2.24) is 15.0 Å². The fourth-order valence-corrected chi connectivity index (χ4v) is 7.43. The van der Waals surface area contributed by atoms with Gasteiger partial charge in [-0.2, -0.15) is 0 Å². The van der Waals surface area contributed by atoms with Gasteiger partial charge < -0.3 is 14.4 Å². The Bertz CT molecular complexity index is 2600. The molecule has 4 heterocycles. The van der Waals surface area contributed by atoms with Gasteiger partial charge in [-0.1, -0.05) is 105 Å². The average molecular weight is 865 g/mol. The molecule has 7 heteroatoms. The van der Waals surface area contributed by atoms with Gasteiger partial charge in [-0.25, -0.2) is 4.98 Å². The van der Waals surface area contributed by atoms with E-state index in [1.807, 2.05) is 42.6 Å². The smallest absolute Gasteiger partial charge is 0.216 e. The number of nitrogens with zero attached hydrogens (tertiary/aromatic N) is 3. The van der Waals surface area contributed by atoms with Crippen LogP contribution >= 0.6 is 0 Å². The Morgan fingerprint density at radius 3 is 2.34 bits per heavy atom. The van der Waals surface area contributed by atoms with Gasteiger partial charge in [0, 0.05) is 67.3 Å². The van der Waals surface area contributed by atoms with E-state index in [1.54, 1.807) is 24.4 Å². The summed E-state index contributed by atoms with van der Waals surface area (Å²) in [6.45, 7) is 4.07. The SMILES string of the molecule is [2H]C([2H])([2H])c1c[c-]c(-c2cc(CC(C)C)c([Si](C)(C)C)cn2)c(F)c1.[2H]C([2H])([2H])c1ccc2c(n1)oc1c(-c3cc(C([2H])([2H])[2H])c(-c4ccccc4)cn3)[c-]ccc12.[Ir]. The third-order valence-corrected chi connectivity index (χ3v) is 10.2. The summed E-state index contributed by atoms with van der Waals surface area (Å²) in [6, 6.07) is 27.6. The molecule has 50 heavy (non-hydrogen) atoms. The summed E-state index contributed by atoms with van der Waals surface area (Å²) in [5.41, 5.74) is 4.75. The van der Waals surface area contributed by atoms with Crippen LogP contribution in [0.2, 0.25) is 19.6 Å². The Kier molecular flexibility index (Phi) is 8.11. The summed E-state index contributed by atoms with van der Waals surface area (Å²) < 4.78 is 89.6. The van der Waals surface area contributed by atoms with E-state index in [1.165, 1.54) is 28.9 Å². The van der Waals surface area contributed by atoms with Gasteiger partial charge in [0.2, 0.25) is 5.71 Å². The van der Waals surface area contributed by atoms with Crippen LogP contribution in [0.3, 0.4) is 0 Å². The van der Waals surface area contributed by atoms with E-state index in [4.69, 9.17) is 16.8 Å². The first-order valence-corrected chi connectivity index (χ1v) is 19.5. The second kappa shape index (κ2) is 15.3. The standard InChI is InChI=1S/C24H17N2O.C19H25FNSi.Ir/c1-15-13-22(25-14-21(15)17-7-4-3-5-8-17)20-10-6-9-18-19-12-11-16(2)26-24(19)27-23(18)20;1-13(2)9-15-11-18(21-12-19(15)22(4,5)6)16-8-7-14(3)10-17(16)20;/h3-9,11-14H,1-2H3;7,10-13H,9H2,1-6H3;/q2*-1;/i1D3,2D3;3D3;. The minimum absolute atomic E-state index is 0. The number of rotatable bonds is 6. The maximum atomic E-state index is 14.5. The molecule has 0 unspecified atom stereocenters. The molecule has 4 nitrogen and oxygen atoms in total. The summed E-state index contributed by atoms with van der Waals surface area (Å²) >= 11 is 0. The summed E-state index contributed by atoms with van der Waals surface area (Å²) in [6.07, 6.45) is 4.32. The zero-order valence-corrected chi connectivity index (χ0v) is 31.8. The molecule has 0 bridgehead atoms. The molecule has 0 atom stereocenters. The average Bonchev–Trinajstić information content (AvgIpc) is 3.52. The predicted molar refractivity (Wildman–Crippen MR) is 203 cm³/mol. The van der Waals surface area contributed by atoms with Gasteiger partial charge in [-0.05, 0) is 65.9 Å². The Hall–Kier alpha value is -4.29. The number of pyridine rings is 3. The van der Waals surface area contributed by atoms with Crippen LogP contribution in [0.1, 0.15) is 48.6 Å². The molecular formula is C43H42FIrN3OSi-2. The summed E-state index contributed by atoms with van der Waals surface area (Å²) in [5.74, 6) is -0.116. The number of halogens is 1.